The number of aliphatic hydroxyl groups is 1. The Morgan fingerprint density at radius 3 is 2.42 bits per heavy atom. The molecule has 0 saturated carbocycles. The van der Waals surface area contributed by atoms with Crippen molar-refractivity contribution in [3.63, 3.8) is 0 Å². The maximum Gasteiger partial charge on any atom is 0.147 e. The van der Waals surface area contributed by atoms with Crippen LogP contribution in [0.15, 0.2) is 11.8 Å². The predicted octanol–water partition coefficient (Wildman–Crippen LogP) is 0.838. The molecule has 3 heteroatoms. The highest BCUT2D eigenvalue weighted by Crippen LogP contribution is 2.08. The van der Waals surface area contributed by atoms with Crippen LogP contribution in [0.2, 0.25) is 0 Å². The van der Waals surface area contributed by atoms with Gasteiger partial charge in [-0.25, -0.2) is 0 Å². The van der Waals surface area contributed by atoms with Crippen LogP contribution < -0.4 is 5.32 Å². The molecule has 0 saturated heterocycles. The average molecular weight is 171 g/mol. The van der Waals surface area contributed by atoms with Gasteiger partial charge in [-0.3, -0.25) is 4.79 Å². The van der Waals surface area contributed by atoms with Gasteiger partial charge in [0.1, 0.15) is 6.29 Å². The molecule has 0 aliphatic carbocycles. The van der Waals surface area contributed by atoms with Gasteiger partial charge in [0.25, 0.3) is 0 Å². The third-order valence-corrected chi connectivity index (χ3v) is 1.90. The highest BCUT2D eigenvalue weighted by atomic mass is 16.3. The van der Waals surface area contributed by atoms with Crippen LogP contribution in [0, 0.1) is 0 Å². The minimum atomic E-state index is -0.465. The second kappa shape index (κ2) is 4.26. The summed E-state index contributed by atoms with van der Waals surface area (Å²) in [6, 6.07) is 0. The maximum atomic E-state index is 10.2. The fraction of sp³-hybridized carbons (Fsp3) is 0.667. The summed E-state index contributed by atoms with van der Waals surface area (Å²) in [6.45, 7) is 7.15. The zero-order chi connectivity index (χ0) is 9.78. The molecule has 3 nitrogen and oxygen atoms in total. The number of rotatable bonds is 4. The van der Waals surface area contributed by atoms with Crippen molar-refractivity contribution >= 4 is 6.29 Å². The van der Waals surface area contributed by atoms with Crippen LogP contribution >= 0.6 is 0 Å². The first-order valence-electron chi connectivity index (χ1n) is 3.98. The molecule has 0 aromatic heterocycles. The molecule has 0 rings (SSSR count). The van der Waals surface area contributed by atoms with E-state index in [1.807, 2.05) is 13.8 Å². The fourth-order valence-electron chi connectivity index (χ4n) is 0.454. The number of allylic oxidation sites excluding steroid dienone is 1. The number of hydrogen-bond acceptors (Lipinski definition) is 3. The second-order valence-electron chi connectivity index (χ2n) is 3.55. The topological polar surface area (TPSA) is 49.3 Å². The summed E-state index contributed by atoms with van der Waals surface area (Å²) in [4.78, 5) is 10.2. The van der Waals surface area contributed by atoms with Crippen LogP contribution in [0.25, 0.3) is 0 Å². The van der Waals surface area contributed by atoms with E-state index < -0.39 is 11.6 Å². The molecule has 2 N–H and O–H groups in total. The first kappa shape index (κ1) is 11.2. The zero-order valence-electron chi connectivity index (χ0n) is 8.09. The Morgan fingerprint density at radius 1 is 1.58 bits per heavy atom. The van der Waals surface area contributed by atoms with Crippen LogP contribution in [-0.2, 0) is 4.79 Å². The van der Waals surface area contributed by atoms with Gasteiger partial charge in [-0.2, -0.15) is 0 Å². The van der Waals surface area contributed by atoms with E-state index in [0.717, 1.165) is 6.29 Å². The Labute approximate surface area is 73.5 Å². The minimum absolute atomic E-state index is 0.399. The second-order valence-corrected chi connectivity index (χ2v) is 3.55. The minimum Gasteiger partial charge on any atom is -0.391 e. The standard InChI is InChI=1S/C9H17NO2/c1-7(6-11)5-10-9(3,4)8(2)12/h5-6,8,10,12H,1-4H3. The van der Waals surface area contributed by atoms with Crippen molar-refractivity contribution < 1.29 is 9.90 Å². The first-order chi connectivity index (χ1) is 5.40. The van der Waals surface area contributed by atoms with Crippen molar-refractivity contribution in [2.24, 2.45) is 0 Å². The van der Waals surface area contributed by atoms with E-state index >= 15 is 0 Å². The Morgan fingerprint density at radius 2 is 2.08 bits per heavy atom. The molecule has 0 aliphatic heterocycles. The largest absolute Gasteiger partial charge is 0.391 e. The lowest BCUT2D eigenvalue weighted by atomic mass is 9.99. The summed E-state index contributed by atoms with van der Waals surface area (Å²) >= 11 is 0. The van der Waals surface area contributed by atoms with Crippen molar-refractivity contribution in [2.45, 2.75) is 39.3 Å². The fourth-order valence-corrected chi connectivity index (χ4v) is 0.454. The van der Waals surface area contributed by atoms with Gasteiger partial charge >= 0.3 is 0 Å². The Balaban J connectivity index is 4.16. The van der Waals surface area contributed by atoms with Crippen molar-refractivity contribution in [3.8, 4) is 0 Å². The first-order valence-corrected chi connectivity index (χ1v) is 3.98. The van der Waals surface area contributed by atoms with E-state index in [2.05, 4.69) is 5.32 Å². The molecule has 0 spiro atoms. The number of aliphatic hydroxyl groups excluding tert-OH is 1. The van der Waals surface area contributed by atoms with Gasteiger partial charge in [0.05, 0.1) is 11.6 Å². The molecular weight excluding hydrogens is 154 g/mol. The lowest BCUT2D eigenvalue weighted by molar-refractivity contribution is -0.104. The highest BCUT2D eigenvalue weighted by Gasteiger charge is 2.21. The van der Waals surface area contributed by atoms with Crippen molar-refractivity contribution in [2.75, 3.05) is 0 Å². The molecule has 1 atom stereocenters. The van der Waals surface area contributed by atoms with Gasteiger partial charge in [0.2, 0.25) is 0 Å². The molecule has 70 valence electrons. The normalized spacial score (nSPS) is 15.6. The smallest absolute Gasteiger partial charge is 0.147 e. The number of carbonyl (C=O) groups is 1. The third-order valence-electron chi connectivity index (χ3n) is 1.90. The third kappa shape index (κ3) is 3.53. The van der Waals surface area contributed by atoms with E-state index in [1.165, 1.54) is 0 Å². The summed E-state index contributed by atoms with van der Waals surface area (Å²) in [5.74, 6) is 0. The van der Waals surface area contributed by atoms with E-state index in [-0.39, 0.29) is 0 Å². The molecule has 0 aromatic rings. The van der Waals surface area contributed by atoms with Gasteiger partial charge in [-0.15, -0.1) is 0 Å². The number of nitrogens with one attached hydrogen (secondary N) is 1. The van der Waals surface area contributed by atoms with Gasteiger partial charge in [0.15, 0.2) is 0 Å². The Kier molecular flexibility index (Phi) is 3.96. The molecule has 1 unspecified atom stereocenters. The van der Waals surface area contributed by atoms with Crippen LogP contribution in [0.5, 0.6) is 0 Å². The molecule has 0 fully saturated rings. The van der Waals surface area contributed by atoms with Crippen LogP contribution in [0.4, 0.5) is 0 Å². The summed E-state index contributed by atoms with van der Waals surface area (Å²) in [5, 5.41) is 12.3. The quantitative estimate of drug-likeness (QED) is 0.486. The predicted molar refractivity (Wildman–Crippen MR) is 48.7 cm³/mol. The van der Waals surface area contributed by atoms with E-state index in [0.29, 0.717) is 5.57 Å². The monoisotopic (exact) mass is 171 g/mol. The molecule has 0 aliphatic rings. The molecule has 12 heavy (non-hydrogen) atoms. The molecular formula is C9H17NO2. The maximum absolute atomic E-state index is 10.2. The highest BCUT2D eigenvalue weighted by molar-refractivity contribution is 5.71. The van der Waals surface area contributed by atoms with Crippen LogP contribution in [0.1, 0.15) is 27.7 Å². The number of aldehydes is 1. The van der Waals surface area contributed by atoms with Crippen LogP contribution in [0.3, 0.4) is 0 Å². The molecule has 0 amide bonds. The van der Waals surface area contributed by atoms with Gasteiger partial charge in [0, 0.05) is 11.8 Å². The molecule has 0 bridgehead atoms. The Bertz CT molecular complexity index is 183. The average Bonchev–Trinajstić information content (AvgIpc) is 2.00. The molecule has 0 radical (unpaired) electrons. The SMILES string of the molecule is CC(C=O)=CNC(C)(C)C(C)O. The van der Waals surface area contributed by atoms with Crippen molar-refractivity contribution in [1.82, 2.24) is 5.32 Å². The lowest BCUT2D eigenvalue weighted by Gasteiger charge is -2.28. The summed E-state index contributed by atoms with van der Waals surface area (Å²) in [6.07, 6.45) is 1.92. The summed E-state index contributed by atoms with van der Waals surface area (Å²) in [5.41, 5.74) is 0.216. The number of hydrogen-bond donors (Lipinski definition) is 2. The van der Waals surface area contributed by atoms with E-state index in [9.17, 15) is 9.90 Å². The Hall–Kier alpha value is -0.830. The van der Waals surface area contributed by atoms with Gasteiger partial charge < -0.3 is 10.4 Å². The summed E-state index contributed by atoms with van der Waals surface area (Å²) in [7, 11) is 0. The lowest BCUT2D eigenvalue weighted by Crippen LogP contribution is -2.45. The van der Waals surface area contributed by atoms with Gasteiger partial charge in [-0.05, 0) is 27.7 Å². The molecule has 0 heterocycles. The number of carbonyl (C=O) groups excluding carboxylic acids is 1. The molecule has 0 aromatic carbocycles. The van der Waals surface area contributed by atoms with Crippen LogP contribution in [-0.4, -0.2) is 23.0 Å². The van der Waals surface area contributed by atoms with E-state index in [4.69, 9.17) is 0 Å². The van der Waals surface area contributed by atoms with Crippen molar-refractivity contribution in [1.29, 1.82) is 0 Å². The van der Waals surface area contributed by atoms with E-state index in [1.54, 1.807) is 20.0 Å². The van der Waals surface area contributed by atoms with Crippen molar-refractivity contribution in [3.05, 3.63) is 11.8 Å². The summed E-state index contributed by atoms with van der Waals surface area (Å²) < 4.78 is 0. The van der Waals surface area contributed by atoms with Gasteiger partial charge in [-0.1, -0.05) is 0 Å². The zero-order valence-corrected chi connectivity index (χ0v) is 8.09.